The van der Waals surface area contributed by atoms with Crippen molar-refractivity contribution in [3.05, 3.63) is 29.8 Å². The Balaban J connectivity index is 1.52. The van der Waals surface area contributed by atoms with E-state index in [1.54, 1.807) is 7.11 Å². The summed E-state index contributed by atoms with van der Waals surface area (Å²) in [7, 11) is 1.64. The number of hydrogen-bond acceptors (Lipinski definition) is 3. The van der Waals surface area contributed by atoms with Gasteiger partial charge in [0.05, 0.1) is 17.9 Å². The lowest BCUT2D eigenvalue weighted by molar-refractivity contribution is -0.136. The van der Waals surface area contributed by atoms with Crippen molar-refractivity contribution in [1.82, 2.24) is 10.2 Å². The fraction of sp³-hybridized carbons (Fsp3) is 0.579. The molecule has 4 rings (SSSR count). The van der Waals surface area contributed by atoms with Crippen LogP contribution in [0.5, 0.6) is 5.75 Å². The topological polar surface area (TPSA) is 58.6 Å². The highest BCUT2D eigenvalue weighted by Crippen LogP contribution is 2.51. The SMILES string of the molecule is COc1ccc(C2(C(=O)N3CC[C@]4(CCCNC4=O)C3)CC2)cc1. The molecule has 0 aromatic heterocycles. The van der Waals surface area contributed by atoms with Crippen LogP contribution >= 0.6 is 0 Å². The predicted octanol–water partition coefficient (Wildman–Crippen LogP) is 1.86. The molecule has 1 N–H and O–H groups in total. The van der Waals surface area contributed by atoms with Crippen LogP contribution in [0.25, 0.3) is 0 Å². The van der Waals surface area contributed by atoms with Crippen LogP contribution in [0, 0.1) is 5.41 Å². The van der Waals surface area contributed by atoms with Crippen molar-refractivity contribution in [3.8, 4) is 5.75 Å². The molecule has 2 heterocycles. The van der Waals surface area contributed by atoms with Crippen LogP contribution in [0.15, 0.2) is 24.3 Å². The number of likely N-dealkylation sites (tertiary alicyclic amines) is 1. The second kappa shape index (κ2) is 5.50. The van der Waals surface area contributed by atoms with Crippen molar-refractivity contribution in [2.45, 2.75) is 37.5 Å². The minimum absolute atomic E-state index is 0.137. The molecule has 1 aromatic rings. The van der Waals surface area contributed by atoms with E-state index >= 15 is 0 Å². The number of methoxy groups -OCH3 is 1. The number of rotatable bonds is 3. The maximum atomic E-state index is 13.2. The van der Waals surface area contributed by atoms with Crippen LogP contribution in [-0.2, 0) is 15.0 Å². The molecule has 1 aliphatic carbocycles. The van der Waals surface area contributed by atoms with Crippen LogP contribution in [-0.4, -0.2) is 43.5 Å². The first kappa shape index (κ1) is 15.5. The molecule has 2 saturated heterocycles. The van der Waals surface area contributed by atoms with Crippen LogP contribution in [0.1, 0.15) is 37.7 Å². The van der Waals surface area contributed by atoms with E-state index in [1.807, 2.05) is 29.2 Å². The third kappa shape index (κ3) is 2.29. The van der Waals surface area contributed by atoms with Crippen molar-refractivity contribution in [1.29, 1.82) is 0 Å². The van der Waals surface area contributed by atoms with E-state index in [0.717, 1.165) is 50.0 Å². The summed E-state index contributed by atoms with van der Waals surface area (Å²) < 4.78 is 5.21. The Bertz CT molecular complexity index is 666. The zero-order valence-electron chi connectivity index (χ0n) is 14.1. The van der Waals surface area contributed by atoms with E-state index in [-0.39, 0.29) is 22.6 Å². The lowest BCUT2D eigenvalue weighted by Gasteiger charge is -2.32. The number of carbonyl (C=O) groups is 2. The summed E-state index contributed by atoms with van der Waals surface area (Å²) >= 11 is 0. The number of benzene rings is 1. The van der Waals surface area contributed by atoms with Crippen LogP contribution < -0.4 is 10.1 Å². The summed E-state index contributed by atoms with van der Waals surface area (Å²) in [5.41, 5.74) is 0.356. The van der Waals surface area contributed by atoms with Gasteiger partial charge in [0.15, 0.2) is 0 Å². The second-order valence-electron chi connectivity index (χ2n) is 7.43. The Morgan fingerprint density at radius 3 is 2.54 bits per heavy atom. The zero-order chi connectivity index (χ0) is 16.8. The molecule has 1 atom stereocenters. The molecule has 2 aliphatic heterocycles. The fourth-order valence-corrected chi connectivity index (χ4v) is 4.33. The van der Waals surface area contributed by atoms with Crippen LogP contribution in [0.3, 0.4) is 0 Å². The van der Waals surface area contributed by atoms with Gasteiger partial charge in [-0.2, -0.15) is 0 Å². The Labute approximate surface area is 142 Å². The number of nitrogens with one attached hydrogen (secondary N) is 1. The van der Waals surface area contributed by atoms with E-state index < -0.39 is 0 Å². The summed E-state index contributed by atoms with van der Waals surface area (Å²) in [6, 6.07) is 7.84. The lowest BCUT2D eigenvalue weighted by atomic mass is 9.79. The first-order chi connectivity index (χ1) is 11.6. The molecule has 5 heteroatoms. The van der Waals surface area contributed by atoms with Gasteiger partial charge >= 0.3 is 0 Å². The molecule has 3 aliphatic rings. The monoisotopic (exact) mass is 328 g/mol. The minimum atomic E-state index is -0.372. The molecule has 0 bridgehead atoms. The van der Waals surface area contributed by atoms with E-state index in [1.165, 1.54) is 0 Å². The number of ether oxygens (including phenoxy) is 1. The Morgan fingerprint density at radius 2 is 1.92 bits per heavy atom. The second-order valence-corrected chi connectivity index (χ2v) is 7.43. The molecule has 1 saturated carbocycles. The first-order valence-corrected chi connectivity index (χ1v) is 8.82. The quantitative estimate of drug-likeness (QED) is 0.921. The zero-order valence-corrected chi connectivity index (χ0v) is 14.1. The van der Waals surface area contributed by atoms with Gasteiger partial charge in [-0.15, -0.1) is 0 Å². The van der Waals surface area contributed by atoms with Gasteiger partial charge in [0.25, 0.3) is 0 Å². The fourth-order valence-electron chi connectivity index (χ4n) is 4.33. The Hall–Kier alpha value is -2.04. The van der Waals surface area contributed by atoms with E-state index in [9.17, 15) is 9.59 Å². The number of nitrogens with zero attached hydrogens (tertiary/aromatic N) is 1. The highest BCUT2D eigenvalue weighted by molar-refractivity contribution is 5.93. The molecule has 2 amide bonds. The number of piperidine rings is 1. The van der Waals surface area contributed by atoms with Gasteiger partial charge in [-0.05, 0) is 49.8 Å². The van der Waals surface area contributed by atoms with Gasteiger partial charge in [0.2, 0.25) is 11.8 Å². The van der Waals surface area contributed by atoms with Crippen LogP contribution in [0.2, 0.25) is 0 Å². The summed E-state index contributed by atoms with van der Waals surface area (Å²) in [5, 5.41) is 2.98. The van der Waals surface area contributed by atoms with Crippen molar-refractivity contribution in [3.63, 3.8) is 0 Å². The highest BCUT2D eigenvalue weighted by Gasteiger charge is 2.56. The van der Waals surface area contributed by atoms with E-state index in [2.05, 4.69) is 5.32 Å². The average Bonchev–Trinajstić information content (AvgIpc) is 3.32. The van der Waals surface area contributed by atoms with Crippen molar-refractivity contribution < 1.29 is 14.3 Å². The molecule has 128 valence electrons. The summed E-state index contributed by atoms with van der Waals surface area (Å²) in [5.74, 6) is 1.14. The Kier molecular flexibility index (Phi) is 3.55. The van der Waals surface area contributed by atoms with Crippen molar-refractivity contribution in [2.75, 3.05) is 26.7 Å². The molecule has 24 heavy (non-hydrogen) atoms. The molecule has 5 nitrogen and oxygen atoms in total. The van der Waals surface area contributed by atoms with E-state index in [4.69, 9.17) is 4.74 Å². The standard InChI is InChI=1S/C19H24N2O3/c1-24-15-5-3-14(4-6-15)19(8-9-19)17(23)21-12-10-18(13-21)7-2-11-20-16(18)22/h3-6H,2,7-13H2,1H3,(H,20,22)/t18-/m1/s1. The summed E-state index contributed by atoms with van der Waals surface area (Å²) in [6.07, 6.45) is 4.50. The molecular formula is C19H24N2O3. The van der Waals surface area contributed by atoms with Gasteiger partial charge < -0.3 is 15.0 Å². The maximum absolute atomic E-state index is 13.2. The van der Waals surface area contributed by atoms with Crippen molar-refractivity contribution >= 4 is 11.8 Å². The highest BCUT2D eigenvalue weighted by atomic mass is 16.5. The smallest absolute Gasteiger partial charge is 0.233 e. The predicted molar refractivity (Wildman–Crippen MR) is 89.8 cm³/mol. The van der Waals surface area contributed by atoms with Gasteiger partial charge in [-0.3, -0.25) is 9.59 Å². The molecular weight excluding hydrogens is 304 g/mol. The number of amides is 2. The Morgan fingerprint density at radius 1 is 1.17 bits per heavy atom. The summed E-state index contributed by atoms with van der Waals surface area (Å²) in [6.45, 7) is 2.05. The average molecular weight is 328 g/mol. The molecule has 0 radical (unpaired) electrons. The lowest BCUT2D eigenvalue weighted by Crippen LogP contribution is -2.48. The summed E-state index contributed by atoms with van der Waals surface area (Å²) in [4.78, 5) is 27.4. The van der Waals surface area contributed by atoms with E-state index in [0.29, 0.717) is 13.1 Å². The third-order valence-corrected chi connectivity index (χ3v) is 6.04. The third-order valence-electron chi connectivity index (χ3n) is 6.04. The van der Waals surface area contributed by atoms with Crippen molar-refractivity contribution in [2.24, 2.45) is 5.41 Å². The van der Waals surface area contributed by atoms with Gasteiger partial charge in [-0.25, -0.2) is 0 Å². The normalized spacial score (nSPS) is 27.9. The van der Waals surface area contributed by atoms with Gasteiger partial charge in [-0.1, -0.05) is 12.1 Å². The minimum Gasteiger partial charge on any atom is -0.497 e. The van der Waals surface area contributed by atoms with Crippen LogP contribution in [0.4, 0.5) is 0 Å². The molecule has 0 unspecified atom stereocenters. The maximum Gasteiger partial charge on any atom is 0.233 e. The van der Waals surface area contributed by atoms with Gasteiger partial charge in [0.1, 0.15) is 5.75 Å². The number of hydrogen-bond donors (Lipinski definition) is 1. The molecule has 3 fully saturated rings. The number of carbonyl (C=O) groups excluding carboxylic acids is 2. The molecule has 1 aromatic carbocycles. The first-order valence-electron chi connectivity index (χ1n) is 8.82. The molecule has 1 spiro atoms. The van der Waals surface area contributed by atoms with Gasteiger partial charge in [0, 0.05) is 19.6 Å². The largest absolute Gasteiger partial charge is 0.497 e.